The van der Waals surface area contributed by atoms with Crippen LogP contribution in [-0.4, -0.2) is 24.9 Å². The molecule has 42 valence electrons. The topological polar surface area (TPSA) is 9.23 Å². The Kier molecular flexibility index (Phi) is 1.66. The van der Waals surface area contributed by atoms with E-state index in [0.29, 0.717) is 0 Å². The molecule has 1 rings (SSSR count). The van der Waals surface area contributed by atoms with Gasteiger partial charge < -0.3 is 4.43 Å². The lowest BCUT2D eigenvalue weighted by atomic mass is 11.7. The van der Waals surface area contributed by atoms with Gasteiger partial charge in [-0.3, -0.25) is 0 Å². The summed E-state index contributed by atoms with van der Waals surface area (Å²) in [5, 5.41) is 0. The van der Waals surface area contributed by atoms with Crippen molar-refractivity contribution >= 4 is 17.8 Å². The molecule has 0 saturated carbocycles. The van der Waals surface area contributed by atoms with Gasteiger partial charge in [0.1, 0.15) is 0 Å². The normalized spacial score (nSPS) is 40.3. The first-order valence-electron chi connectivity index (χ1n) is 2.85. The zero-order valence-corrected chi connectivity index (χ0v) is 7.29. The van der Waals surface area contributed by atoms with Crippen molar-refractivity contribution in [2.75, 3.05) is 7.11 Å². The van der Waals surface area contributed by atoms with E-state index in [9.17, 15) is 0 Å². The Morgan fingerprint density at radius 3 is 2.14 bits per heavy atom. The van der Waals surface area contributed by atoms with E-state index in [0.717, 1.165) is 0 Å². The van der Waals surface area contributed by atoms with Crippen LogP contribution < -0.4 is 0 Å². The SMILES string of the molecule is CO[SiH]1C[SiH](C)C1. The summed E-state index contributed by atoms with van der Waals surface area (Å²) in [7, 11) is 1.29. The third-order valence-corrected chi connectivity index (χ3v) is 13.0. The zero-order valence-electron chi connectivity index (χ0n) is 4.98. The Balaban J connectivity index is 2.06. The summed E-state index contributed by atoms with van der Waals surface area (Å²) >= 11 is 0. The summed E-state index contributed by atoms with van der Waals surface area (Å²) in [5.41, 5.74) is 3.10. The molecule has 1 aliphatic rings. The van der Waals surface area contributed by atoms with Gasteiger partial charge in [0.2, 0.25) is 0 Å². The first-order valence-corrected chi connectivity index (χ1v) is 7.75. The fourth-order valence-corrected chi connectivity index (χ4v) is 9.19. The van der Waals surface area contributed by atoms with Gasteiger partial charge in [-0.1, -0.05) is 6.55 Å². The highest BCUT2D eigenvalue weighted by Crippen LogP contribution is 2.18. The van der Waals surface area contributed by atoms with Crippen LogP contribution in [-0.2, 0) is 4.43 Å². The highest BCUT2D eigenvalue weighted by molar-refractivity contribution is 6.91. The molecule has 0 radical (unpaired) electrons. The average Bonchev–Trinajstić information content (AvgIpc) is 1.58. The van der Waals surface area contributed by atoms with Gasteiger partial charge in [-0.05, 0) is 11.3 Å². The van der Waals surface area contributed by atoms with Gasteiger partial charge in [-0.15, -0.1) is 0 Å². The molecule has 1 saturated heterocycles. The molecule has 1 aliphatic heterocycles. The molecule has 0 unspecified atom stereocenters. The van der Waals surface area contributed by atoms with E-state index < -0.39 is 9.04 Å². The molecule has 0 N–H and O–H groups in total. The van der Waals surface area contributed by atoms with Crippen LogP contribution in [0, 0.1) is 0 Å². The Hall–Kier alpha value is 0.394. The van der Waals surface area contributed by atoms with Gasteiger partial charge in [0.05, 0.1) is 0 Å². The lowest BCUT2D eigenvalue weighted by Crippen LogP contribution is -2.38. The predicted octanol–water partition coefficient (Wildman–Crippen LogP) is 0.305. The summed E-state index contributed by atoms with van der Waals surface area (Å²) < 4.78 is 5.23. The molecule has 3 heteroatoms. The quantitative estimate of drug-likeness (QED) is 0.467. The van der Waals surface area contributed by atoms with Crippen molar-refractivity contribution in [3.63, 3.8) is 0 Å². The number of hydrogen-bond donors (Lipinski definition) is 0. The number of rotatable bonds is 1. The van der Waals surface area contributed by atoms with Crippen LogP contribution in [0.15, 0.2) is 0 Å². The van der Waals surface area contributed by atoms with Crippen LogP contribution in [0.4, 0.5) is 0 Å². The van der Waals surface area contributed by atoms with Crippen LogP contribution in [0.25, 0.3) is 0 Å². The summed E-state index contributed by atoms with van der Waals surface area (Å²) in [5.74, 6) is 0. The van der Waals surface area contributed by atoms with E-state index in [-0.39, 0.29) is 8.80 Å². The average molecular weight is 132 g/mol. The highest BCUT2D eigenvalue weighted by atomic mass is 28.4. The third-order valence-electron chi connectivity index (χ3n) is 1.66. The summed E-state index contributed by atoms with van der Waals surface area (Å²) in [6, 6.07) is 0. The largest absolute Gasteiger partial charge is 0.424 e. The standard InChI is InChI=1S/C4H12OSi2/c1-5-7-3-6(2)4-7/h6-7H,3-4H2,1-2H3. The lowest BCUT2D eigenvalue weighted by molar-refractivity contribution is 0.422. The Morgan fingerprint density at radius 1 is 1.43 bits per heavy atom. The molecule has 1 fully saturated rings. The van der Waals surface area contributed by atoms with Gasteiger partial charge in [-0.2, -0.15) is 0 Å². The molecule has 1 heterocycles. The zero-order chi connectivity index (χ0) is 5.28. The molecule has 0 bridgehead atoms. The van der Waals surface area contributed by atoms with Crippen molar-refractivity contribution in [3.05, 3.63) is 0 Å². The fourth-order valence-electron chi connectivity index (χ4n) is 1.02. The van der Waals surface area contributed by atoms with E-state index in [4.69, 9.17) is 4.43 Å². The Labute approximate surface area is 48.0 Å². The Bertz CT molecular complexity index is 60.7. The molecule has 0 spiro atoms. The molecular weight excluding hydrogens is 120 g/mol. The second kappa shape index (κ2) is 2.11. The van der Waals surface area contributed by atoms with Crippen LogP contribution in [0.2, 0.25) is 17.9 Å². The van der Waals surface area contributed by atoms with Gasteiger partial charge in [-0.25, -0.2) is 0 Å². The molecule has 0 aromatic rings. The van der Waals surface area contributed by atoms with Gasteiger partial charge >= 0.3 is 0 Å². The maximum Gasteiger partial charge on any atom is 0.170 e. The van der Waals surface area contributed by atoms with Gasteiger partial charge in [0.15, 0.2) is 9.04 Å². The second-order valence-corrected chi connectivity index (χ2v) is 10.1. The molecule has 0 amide bonds. The first kappa shape index (κ1) is 5.53. The molecule has 1 nitrogen and oxygen atoms in total. The minimum absolute atomic E-state index is 0.108. The molecule has 7 heavy (non-hydrogen) atoms. The van der Waals surface area contributed by atoms with Crippen LogP contribution >= 0.6 is 0 Å². The summed E-state index contributed by atoms with van der Waals surface area (Å²) in [6.07, 6.45) is 0. The second-order valence-electron chi connectivity index (χ2n) is 2.43. The van der Waals surface area contributed by atoms with E-state index in [1.54, 1.807) is 11.3 Å². The maximum atomic E-state index is 5.23. The van der Waals surface area contributed by atoms with E-state index in [2.05, 4.69) is 6.55 Å². The molecule has 0 aromatic carbocycles. The number of hydrogen-bond acceptors (Lipinski definition) is 1. The minimum Gasteiger partial charge on any atom is -0.424 e. The molecular formula is C4H12OSi2. The predicted molar refractivity (Wildman–Crippen MR) is 36.8 cm³/mol. The van der Waals surface area contributed by atoms with Crippen molar-refractivity contribution in [1.29, 1.82) is 0 Å². The summed E-state index contributed by atoms with van der Waals surface area (Å²) in [6.45, 7) is 2.43. The molecule has 0 atom stereocenters. The fraction of sp³-hybridized carbons (Fsp3) is 1.00. The van der Waals surface area contributed by atoms with Crippen LogP contribution in [0.3, 0.4) is 0 Å². The van der Waals surface area contributed by atoms with Crippen molar-refractivity contribution in [3.8, 4) is 0 Å². The first-order chi connectivity index (χ1) is 3.33. The van der Waals surface area contributed by atoms with E-state index in [1.165, 1.54) is 0 Å². The van der Waals surface area contributed by atoms with Crippen LogP contribution in [0.1, 0.15) is 0 Å². The van der Waals surface area contributed by atoms with E-state index in [1.807, 2.05) is 7.11 Å². The monoisotopic (exact) mass is 132 g/mol. The van der Waals surface area contributed by atoms with Crippen molar-refractivity contribution in [1.82, 2.24) is 0 Å². The van der Waals surface area contributed by atoms with Crippen molar-refractivity contribution < 1.29 is 4.43 Å². The van der Waals surface area contributed by atoms with Crippen molar-refractivity contribution in [2.45, 2.75) is 17.9 Å². The van der Waals surface area contributed by atoms with E-state index >= 15 is 0 Å². The van der Waals surface area contributed by atoms with Gasteiger partial charge in [0.25, 0.3) is 0 Å². The molecule has 0 aromatic heterocycles. The minimum atomic E-state index is -0.476. The maximum absolute atomic E-state index is 5.23. The lowest BCUT2D eigenvalue weighted by Gasteiger charge is -2.27. The van der Waals surface area contributed by atoms with Crippen molar-refractivity contribution in [2.24, 2.45) is 0 Å². The smallest absolute Gasteiger partial charge is 0.170 e. The highest BCUT2D eigenvalue weighted by Gasteiger charge is 2.27. The Morgan fingerprint density at radius 2 is 2.00 bits per heavy atom. The van der Waals surface area contributed by atoms with Gasteiger partial charge in [0, 0.05) is 15.9 Å². The summed E-state index contributed by atoms with van der Waals surface area (Å²) in [4.78, 5) is 0. The molecule has 0 aliphatic carbocycles. The van der Waals surface area contributed by atoms with Crippen LogP contribution in [0.5, 0.6) is 0 Å². The third kappa shape index (κ3) is 1.14.